The number of ether oxygens (including phenoxy) is 1. The molecule has 5 aliphatic heterocycles. The van der Waals surface area contributed by atoms with Crippen LogP contribution in [0.15, 0.2) is 51.8 Å². The summed E-state index contributed by atoms with van der Waals surface area (Å²) >= 11 is 0. The van der Waals surface area contributed by atoms with E-state index < -0.39 is 0 Å². The first-order valence-electron chi connectivity index (χ1n) is 9.01. The average Bonchev–Trinajstić information content (AvgIpc) is 2.99. The molecule has 6 atom stereocenters. The number of aliphatic hydroxyl groups is 1. The lowest BCUT2D eigenvalue weighted by Crippen LogP contribution is -2.66. The zero-order chi connectivity index (χ0) is 16.4. The Morgan fingerprint density at radius 3 is 3.08 bits per heavy atom. The molecule has 4 heteroatoms. The molecule has 4 saturated heterocycles. The van der Waals surface area contributed by atoms with Crippen molar-refractivity contribution in [1.82, 2.24) is 4.90 Å². The molecule has 6 unspecified atom stereocenters. The number of allylic oxidation sites excluding steroid dienone is 2. The van der Waals surface area contributed by atoms with Crippen LogP contribution in [-0.4, -0.2) is 54.1 Å². The van der Waals surface area contributed by atoms with Crippen LogP contribution in [-0.2, 0) is 4.74 Å². The Hall–Kier alpha value is -1.65. The minimum absolute atomic E-state index is 0.168. The maximum atomic E-state index is 10.0. The number of hydrogen-bond acceptors (Lipinski definition) is 4. The van der Waals surface area contributed by atoms with Crippen LogP contribution in [0.3, 0.4) is 0 Å². The summed E-state index contributed by atoms with van der Waals surface area (Å²) in [7, 11) is 1.72. The predicted molar refractivity (Wildman–Crippen MR) is 93.8 cm³/mol. The van der Waals surface area contributed by atoms with Gasteiger partial charge in [-0.2, -0.15) is 0 Å². The standard InChI is InChI=1S/C20H24N2O2/c1-3-11-9-22-18-8-15-14-6-12(24-2)4-5-17(14)21-20(15)19(22)7-13(11)16(18)10-23/h3-6,13,16-19,23H,7-10H2,1-2H3/b11-3-. The number of aliphatic hydroxyl groups excluding tert-OH is 1. The second-order valence-corrected chi connectivity index (χ2v) is 7.51. The van der Waals surface area contributed by atoms with Crippen molar-refractivity contribution in [2.24, 2.45) is 16.8 Å². The second-order valence-electron chi connectivity index (χ2n) is 7.51. The summed E-state index contributed by atoms with van der Waals surface area (Å²) in [5, 5.41) is 10.0. The van der Waals surface area contributed by atoms with Gasteiger partial charge in [0, 0.05) is 25.1 Å². The molecule has 126 valence electrons. The van der Waals surface area contributed by atoms with Crippen LogP contribution < -0.4 is 0 Å². The normalized spacial score (nSPS) is 43.5. The minimum atomic E-state index is 0.168. The highest BCUT2D eigenvalue weighted by atomic mass is 16.5. The highest BCUT2D eigenvalue weighted by Crippen LogP contribution is 2.51. The Morgan fingerprint density at radius 2 is 2.33 bits per heavy atom. The molecule has 1 aliphatic carbocycles. The van der Waals surface area contributed by atoms with E-state index in [-0.39, 0.29) is 12.6 Å². The first-order valence-corrected chi connectivity index (χ1v) is 9.01. The summed E-state index contributed by atoms with van der Waals surface area (Å²) in [6, 6.07) is 1.05. The number of aliphatic imine (C=N–C) groups is 1. The quantitative estimate of drug-likeness (QED) is 0.792. The van der Waals surface area contributed by atoms with Crippen molar-refractivity contribution in [3.05, 3.63) is 46.8 Å². The van der Waals surface area contributed by atoms with Crippen LogP contribution in [0.5, 0.6) is 0 Å². The molecule has 0 radical (unpaired) electrons. The topological polar surface area (TPSA) is 45.1 Å². The lowest BCUT2D eigenvalue weighted by atomic mass is 9.63. The second kappa shape index (κ2) is 5.17. The van der Waals surface area contributed by atoms with Gasteiger partial charge in [0.25, 0.3) is 0 Å². The molecule has 0 spiro atoms. The molecule has 5 heterocycles. The van der Waals surface area contributed by atoms with Gasteiger partial charge in [0.15, 0.2) is 0 Å². The number of piperidine rings is 4. The van der Waals surface area contributed by atoms with E-state index >= 15 is 0 Å². The Kier molecular flexibility index (Phi) is 3.16. The summed E-state index contributed by atoms with van der Waals surface area (Å²) in [6.07, 6.45) is 10.7. The van der Waals surface area contributed by atoms with Crippen molar-refractivity contribution >= 4 is 5.71 Å². The van der Waals surface area contributed by atoms with E-state index in [1.807, 2.05) is 6.08 Å². The zero-order valence-corrected chi connectivity index (χ0v) is 14.3. The highest BCUT2D eigenvalue weighted by Gasteiger charge is 2.54. The van der Waals surface area contributed by atoms with Crippen LogP contribution in [0.4, 0.5) is 0 Å². The summed E-state index contributed by atoms with van der Waals surface area (Å²) in [4.78, 5) is 7.69. The third-order valence-electron chi connectivity index (χ3n) is 6.70. The van der Waals surface area contributed by atoms with Crippen molar-refractivity contribution in [3.63, 3.8) is 0 Å². The van der Waals surface area contributed by atoms with Gasteiger partial charge >= 0.3 is 0 Å². The van der Waals surface area contributed by atoms with Crippen molar-refractivity contribution in [2.75, 3.05) is 20.3 Å². The summed E-state index contributed by atoms with van der Waals surface area (Å²) in [5.74, 6) is 1.80. The number of hydrogen-bond donors (Lipinski definition) is 1. The maximum absolute atomic E-state index is 10.0. The molecule has 4 nitrogen and oxygen atoms in total. The van der Waals surface area contributed by atoms with E-state index in [9.17, 15) is 5.11 Å². The molecule has 0 aromatic carbocycles. The van der Waals surface area contributed by atoms with Gasteiger partial charge in [0.1, 0.15) is 5.76 Å². The van der Waals surface area contributed by atoms with E-state index in [0.29, 0.717) is 23.9 Å². The van der Waals surface area contributed by atoms with Crippen LogP contribution in [0, 0.1) is 11.8 Å². The fraction of sp³-hybridized carbons (Fsp3) is 0.550. The molecule has 0 aromatic heterocycles. The zero-order valence-electron chi connectivity index (χ0n) is 14.3. The van der Waals surface area contributed by atoms with Gasteiger partial charge in [-0.15, -0.1) is 0 Å². The van der Waals surface area contributed by atoms with Crippen LogP contribution in [0.1, 0.15) is 19.8 Å². The Bertz CT molecular complexity index is 743. The maximum Gasteiger partial charge on any atom is 0.119 e. The Balaban J connectivity index is 1.58. The third-order valence-corrected chi connectivity index (χ3v) is 6.70. The molecule has 0 saturated carbocycles. The molecular weight excluding hydrogens is 300 g/mol. The molecule has 0 aromatic rings. The largest absolute Gasteiger partial charge is 0.497 e. The number of nitrogens with zero attached hydrogens (tertiary/aromatic N) is 2. The lowest BCUT2D eigenvalue weighted by molar-refractivity contribution is -0.0243. The third kappa shape index (κ3) is 1.78. The van der Waals surface area contributed by atoms with Gasteiger partial charge in [-0.25, -0.2) is 0 Å². The monoisotopic (exact) mass is 324 g/mol. The van der Waals surface area contributed by atoms with E-state index in [1.165, 1.54) is 22.4 Å². The van der Waals surface area contributed by atoms with Crippen molar-refractivity contribution < 1.29 is 9.84 Å². The Morgan fingerprint density at radius 1 is 1.46 bits per heavy atom. The minimum Gasteiger partial charge on any atom is -0.497 e. The summed E-state index contributed by atoms with van der Waals surface area (Å²) in [6.45, 7) is 3.47. The number of fused-ring (bicyclic) bond motifs is 3. The van der Waals surface area contributed by atoms with Gasteiger partial charge in [-0.05, 0) is 49.0 Å². The summed E-state index contributed by atoms with van der Waals surface area (Å²) in [5.41, 5.74) is 5.56. The Labute approximate surface area is 142 Å². The van der Waals surface area contributed by atoms with Crippen LogP contribution in [0.2, 0.25) is 0 Å². The molecule has 24 heavy (non-hydrogen) atoms. The fourth-order valence-electron chi connectivity index (χ4n) is 5.55. The van der Waals surface area contributed by atoms with E-state index in [4.69, 9.17) is 9.73 Å². The number of methoxy groups -OCH3 is 1. The SMILES string of the molecule is C/C=C1/CN2C3CC1C(CO)C2CC1=C2C=C(OC)C=CC2N=C13. The average molecular weight is 324 g/mol. The van der Waals surface area contributed by atoms with Crippen molar-refractivity contribution in [2.45, 2.75) is 37.9 Å². The molecule has 4 bridgehead atoms. The van der Waals surface area contributed by atoms with Crippen molar-refractivity contribution in [1.29, 1.82) is 0 Å². The fourth-order valence-corrected chi connectivity index (χ4v) is 5.55. The molecule has 6 rings (SSSR count). The lowest BCUT2D eigenvalue weighted by Gasteiger charge is -2.59. The van der Waals surface area contributed by atoms with Gasteiger partial charge in [0.05, 0.1) is 24.9 Å². The van der Waals surface area contributed by atoms with Gasteiger partial charge in [-0.1, -0.05) is 17.7 Å². The van der Waals surface area contributed by atoms with Gasteiger partial charge < -0.3 is 9.84 Å². The number of rotatable bonds is 2. The van der Waals surface area contributed by atoms with Crippen LogP contribution >= 0.6 is 0 Å². The summed E-state index contributed by atoms with van der Waals surface area (Å²) < 4.78 is 5.42. The van der Waals surface area contributed by atoms with E-state index in [2.05, 4.69) is 30.1 Å². The van der Waals surface area contributed by atoms with Crippen molar-refractivity contribution in [3.8, 4) is 0 Å². The molecule has 1 N–H and O–H groups in total. The first-order chi connectivity index (χ1) is 11.7. The molecule has 4 fully saturated rings. The highest BCUT2D eigenvalue weighted by molar-refractivity contribution is 6.08. The van der Waals surface area contributed by atoms with Crippen LogP contribution in [0.25, 0.3) is 0 Å². The molecule has 6 aliphatic rings. The van der Waals surface area contributed by atoms with E-state index in [0.717, 1.165) is 25.1 Å². The van der Waals surface area contributed by atoms with Gasteiger partial charge in [0.2, 0.25) is 0 Å². The first kappa shape index (κ1) is 14.7. The van der Waals surface area contributed by atoms with E-state index in [1.54, 1.807) is 7.11 Å². The molecular formula is C20H24N2O2. The molecule has 0 amide bonds. The predicted octanol–water partition coefficient (Wildman–Crippen LogP) is 2.24. The van der Waals surface area contributed by atoms with Gasteiger partial charge in [-0.3, -0.25) is 9.89 Å². The smallest absolute Gasteiger partial charge is 0.119 e.